The van der Waals surface area contributed by atoms with Crippen molar-refractivity contribution in [3.63, 3.8) is 0 Å². The number of aryl methyl sites for hydroxylation is 3. The number of hydrogen-bond acceptors (Lipinski definition) is 4. The molecule has 1 aromatic carbocycles. The molecule has 150 valence electrons. The van der Waals surface area contributed by atoms with Crippen LogP contribution < -0.4 is 10.6 Å². The van der Waals surface area contributed by atoms with Crippen molar-refractivity contribution in [1.82, 2.24) is 14.9 Å². The van der Waals surface area contributed by atoms with Gasteiger partial charge in [-0.15, -0.1) is 0 Å². The predicted octanol–water partition coefficient (Wildman–Crippen LogP) is 2.77. The molecule has 0 saturated heterocycles. The zero-order valence-electron chi connectivity index (χ0n) is 17.0. The van der Waals surface area contributed by atoms with Gasteiger partial charge in [0.15, 0.2) is 11.5 Å². The van der Waals surface area contributed by atoms with Crippen molar-refractivity contribution in [2.24, 2.45) is 0 Å². The fourth-order valence-corrected chi connectivity index (χ4v) is 3.79. The van der Waals surface area contributed by atoms with Gasteiger partial charge in [0.25, 0.3) is 11.8 Å². The van der Waals surface area contributed by atoms with Gasteiger partial charge in [-0.2, -0.15) is 0 Å². The highest BCUT2D eigenvalue weighted by atomic mass is 16.5. The fourth-order valence-electron chi connectivity index (χ4n) is 3.79. The fraction of sp³-hybridized carbons (Fsp3) is 0.476. The molecule has 3 rings (SSSR count). The summed E-state index contributed by atoms with van der Waals surface area (Å²) in [6, 6.07) is 4.08. The third kappa shape index (κ3) is 4.09. The summed E-state index contributed by atoms with van der Waals surface area (Å²) in [6.07, 6.45) is 2.70. The molecule has 1 aliphatic rings. The smallest absolute Gasteiger partial charge is 0.287 e. The van der Waals surface area contributed by atoms with Crippen LogP contribution in [-0.2, 0) is 17.7 Å². The van der Waals surface area contributed by atoms with Gasteiger partial charge in [0.1, 0.15) is 0 Å². The third-order valence-corrected chi connectivity index (χ3v) is 5.04. The van der Waals surface area contributed by atoms with Crippen LogP contribution in [-0.4, -0.2) is 41.6 Å². The number of carbonyl (C=O) groups is 2. The summed E-state index contributed by atoms with van der Waals surface area (Å²) in [6.45, 7) is 7.52. The normalized spacial score (nSPS) is 13.1. The van der Waals surface area contributed by atoms with E-state index < -0.39 is 0 Å². The van der Waals surface area contributed by atoms with Crippen LogP contribution >= 0.6 is 0 Å². The van der Waals surface area contributed by atoms with Crippen LogP contribution in [0.1, 0.15) is 56.3 Å². The number of nitrogens with zero attached hydrogens (tertiary/aromatic N) is 2. The number of nitrogens with one attached hydrogen (secondary N) is 2. The SMILES string of the molecule is COCCNC(=O)c1nc(C(=O)Nc2c(C)cc(C)cc2C)c2n1CCCC2. The molecule has 28 heavy (non-hydrogen) atoms. The lowest BCUT2D eigenvalue weighted by Gasteiger charge is -2.17. The standard InChI is InChI=1S/C21H28N4O3/c1-13-11-14(2)17(15(3)12-13)24-20(26)18-16-7-5-6-9-25(16)19(23-18)21(27)22-8-10-28-4/h11-12H,5-10H2,1-4H3,(H,22,27)(H,24,26). The second kappa shape index (κ2) is 8.56. The van der Waals surface area contributed by atoms with E-state index in [4.69, 9.17) is 4.74 Å². The summed E-state index contributed by atoms with van der Waals surface area (Å²) in [5.41, 5.74) is 5.16. The summed E-state index contributed by atoms with van der Waals surface area (Å²) < 4.78 is 6.86. The molecule has 0 atom stereocenters. The molecule has 2 aromatic rings. The van der Waals surface area contributed by atoms with E-state index in [2.05, 4.69) is 15.6 Å². The first kappa shape index (κ1) is 20.1. The van der Waals surface area contributed by atoms with Crippen LogP contribution in [0.3, 0.4) is 0 Å². The number of fused-ring (bicyclic) bond motifs is 1. The molecular weight excluding hydrogens is 356 g/mol. The van der Waals surface area contributed by atoms with Crippen molar-refractivity contribution in [2.45, 2.75) is 46.6 Å². The van der Waals surface area contributed by atoms with Crippen molar-refractivity contribution in [3.8, 4) is 0 Å². The molecule has 1 aliphatic heterocycles. The molecule has 0 radical (unpaired) electrons. The first-order chi connectivity index (χ1) is 13.4. The summed E-state index contributed by atoms with van der Waals surface area (Å²) in [4.78, 5) is 30.0. The van der Waals surface area contributed by atoms with Gasteiger partial charge in [-0.25, -0.2) is 4.98 Å². The van der Waals surface area contributed by atoms with Gasteiger partial charge in [-0.1, -0.05) is 17.7 Å². The van der Waals surface area contributed by atoms with Gasteiger partial charge >= 0.3 is 0 Å². The number of aromatic nitrogens is 2. The summed E-state index contributed by atoms with van der Waals surface area (Å²) in [7, 11) is 1.58. The van der Waals surface area contributed by atoms with Crippen molar-refractivity contribution in [2.75, 3.05) is 25.6 Å². The highest BCUT2D eigenvalue weighted by Crippen LogP contribution is 2.25. The number of methoxy groups -OCH3 is 1. The first-order valence-electron chi connectivity index (χ1n) is 9.68. The topological polar surface area (TPSA) is 85.2 Å². The Labute approximate surface area is 165 Å². The lowest BCUT2D eigenvalue weighted by atomic mass is 10.0. The Kier molecular flexibility index (Phi) is 6.14. The lowest BCUT2D eigenvalue weighted by molar-refractivity contribution is 0.0921. The molecule has 0 unspecified atom stereocenters. The first-order valence-corrected chi connectivity index (χ1v) is 9.68. The minimum absolute atomic E-state index is 0.267. The molecule has 0 bridgehead atoms. The van der Waals surface area contributed by atoms with Crippen LogP contribution in [0.5, 0.6) is 0 Å². The number of imidazole rings is 1. The Morgan fingerprint density at radius 2 is 1.86 bits per heavy atom. The number of rotatable bonds is 6. The zero-order valence-corrected chi connectivity index (χ0v) is 17.0. The Bertz CT molecular complexity index is 878. The van der Waals surface area contributed by atoms with Gasteiger partial charge in [-0.05, 0) is 51.2 Å². The third-order valence-electron chi connectivity index (χ3n) is 5.04. The van der Waals surface area contributed by atoms with Gasteiger partial charge in [-0.3, -0.25) is 9.59 Å². The second-order valence-electron chi connectivity index (χ2n) is 7.32. The summed E-state index contributed by atoms with van der Waals surface area (Å²) in [5.74, 6) is -0.244. The quantitative estimate of drug-likeness (QED) is 0.750. The van der Waals surface area contributed by atoms with Crippen molar-refractivity contribution in [3.05, 3.63) is 46.0 Å². The van der Waals surface area contributed by atoms with Gasteiger partial charge in [0.05, 0.1) is 12.3 Å². The van der Waals surface area contributed by atoms with E-state index in [1.165, 1.54) is 0 Å². The average molecular weight is 384 g/mol. The number of amides is 2. The Balaban J connectivity index is 1.89. The van der Waals surface area contributed by atoms with E-state index in [1.807, 2.05) is 37.5 Å². The maximum absolute atomic E-state index is 13.0. The predicted molar refractivity (Wildman–Crippen MR) is 108 cm³/mol. The molecule has 0 aliphatic carbocycles. The number of carbonyl (C=O) groups excluding carboxylic acids is 2. The minimum Gasteiger partial charge on any atom is -0.383 e. The van der Waals surface area contributed by atoms with Crippen molar-refractivity contribution >= 4 is 17.5 Å². The Morgan fingerprint density at radius 1 is 1.14 bits per heavy atom. The second-order valence-corrected chi connectivity index (χ2v) is 7.32. The van der Waals surface area contributed by atoms with E-state index in [-0.39, 0.29) is 11.8 Å². The van der Waals surface area contributed by atoms with Crippen LogP contribution in [0.4, 0.5) is 5.69 Å². The highest BCUT2D eigenvalue weighted by molar-refractivity contribution is 6.05. The Hall–Kier alpha value is -2.67. The van der Waals surface area contributed by atoms with E-state index >= 15 is 0 Å². The van der Waals surface area contributed by atoms with Crippen LogP contribution in [0.15, 0.2) is 12.1 Å². The zero-order chi connectivity index (χ0) is 20.3. The van der Waals surface area contributed by atoms with Gasteiger partial charge in [0.2, 0.25) is 0 Å². The van der Waals surface area contributed by atoms with Crippen molar-refractivity contribution in [1.29, 1.82) is 0 Å². The van der Waals surface area contributed by atoms with Gasteiger partial charge in [0, 0.05) is 25.9 Å². The van der Waals surface area contributed by atoms with Crippen LogP contribution in [0, 0.1) is 20.8 Å². The van der Waals surface area contributed by atoms with E-state index in [0.717, 1.165) is 47.3 Å². The molecule has 0 spiro atoms. The molecular formula is C21H28N4O3. The number of ether oxygens (including phenoxy) is 1. The Morgan fingerprint density at radius 3 is 2.54 bits per heavy atom. The summed E-state index contributed by atoms with van der Waals surface area (Å²) >= 11 is 0. The van der Waals surface area contributed by atoms with E-state index in [9.17, 15) is 9.59 Å². The van der Waals surface area contributed by atoms with Crippen LogP contribution in [0.25, 0.3) is 0 Å². The molecule has 0 fully saturated rings. The molecule has 7 heteroatoms. The van der Waals surface area contributed by atoms with Gasteiger partial charge < -0.3 is 19.9 Å². The minimum atomic E-state index is -0.276. The maximum Gasteiger partial charge on any atom is 0.287 e. The molecule has 0 saturated carbocycles. The van der Waals surface area contributed by atoms with E-state index in [0.29, 0.717) is 31.2 Å². The lowest BCUT2D eigenvalue weighted by Crippen LogP contribution is -2.30. The number of hydrogen-bond donors (Lipinski definition) is 2. The van der Waals surface area contributed by atoms with Crippen molar-refractivity contribution < 1.29 is 14.3 Å². The molecule has 1 aromatic heterocycles. The summed E-state index contributed by atoms with van der Waals surface area (Å²) in [5, 5.41) is 5.81. The molecule has 2 heterocycles. The largest absolute Gasteiger partial charge is 0.383 e. The number of benzene rings is 1. The molecule has 2 amide bonds. The highest BCUT2D eigenvalue weighted by Gasteiger charge is 2.27. The molecule has 7 nitrogen and oxygen atoms in total. The number of anilines is 1. The molecule has 2 N–H and O–H groups in total. The van der Waals surface area contributed by atoms with Crippen LogP contribution in [0.2, 0.25) is 0 Å². The average Bonchev–Trinajstić information content (AvgIpc) is 3.04. The monoisotopic (exact) mass is 384 g/mol. The maximum atomic E-state index is 13.0. The van der Waals surface area contributed by atoms with E-state index in [1.54, 1.807) is 7.11 Å².